The Labute approximate surface area is 188 Å². The van der Waals surface area contributed by atoms with E-state index in [-0.39, 0.29) is 0 Å². The van der Waals surface area contributed by atoms with E-state index in [0.29, 0.717) is 24.8 Å². The third-order valence-electron chi connectivity index (χ3n) is 5.89. The minimum Gasteiger partial charge on any atom is -0.356 e. The fourth-order valence-electron chi connectivity index (χ4n) is 4.32. The molecule has 1 fully saturated rings. The van der Waals surface area contributed by atoms with Gasteiger partial charge in [0.05, 0.1) is 12.2 Å². The molecule has 1 atom stereocenters. The summed E-state index contributed by atoms with van der Waals surface area (Å²) >= 11 is 1.64. The summed E-state index contributed by atoms with van der Waals surface area (Å²) < 4.78 is 0. The van der Waals surface area contributed by atoms with Crippen molar-refractivity contribution in [1.29, 1.82) is 0 Å². The van der Waals surface area contributed by atoms with Gasteiger partial charge in [-0.2, -0.15) is 0 Å². The number of nitrogens with zero attached hydrogens (tertiary/aromatic N) is 5. The summed E-state index contributed by atoms with van der Waals surface area (Å²) in [5, 5.41) is 6.54. The molecular weight excluding hydrogens is 408 g/mol. The molecule has 4 rings (SSSR count). The highest BCUT2D eigenvalue weighted by atomic mass is 32.1. The minimum absolute atomic E-state index is 0.304. The molecule has 3 heterocycles. The number of para-hydroxylation sites is 1. The molecule has 2 aromatic rings. The Balaban J connectivity index is 1.50. The van der Waals surface area contributed by atoms with Crippen LogP contribution in [0.5, 0.6) is 0 Å². The summed E-state index contributed by atoms with van der Waals surface area (Å²) in [6, 6.07) is 8.60. The van der Waals surface area contributed by atoms with Gasteiger partial charge in [-0.3, -0.25) is 4.79 Å². The van der Waals surface area contributed by atoms with Crippen molar-refractivity contribution in [2.75, 3.05) is 50.1 Å². The molecule has 166 valence electrons. The van der Waals surface area contributed by atoms with E-state index in [9.17, 15) is 4.79 Å². The van der Waals surface area contributed by atoms with Gasteiger partial charge in [0, 0.05) is 63.7 Å². The van der Waals surface area contributed by atoms with E-state index in [1.165, 1.54) is 11.3 Å². The fourth-order valence-corrected chi connectivity index (χ4v) is 5.07. The van der Waals surface area contributed by atoms with Crippen molar-refractivity contribution < 1.29 is 4.79 Å². The lowest BCUT2D eigenvalue weighted by atomic mass is 9.98. The van der Waals surface area contributed by atoms with Gasteiger partial charge in [-0.25, -0.2) is 9.98 Å². The van der Waals surface area contributed by atoms with Crippen molar-refractivity contribution in [3.8, 4) is 0 Å². The predicted molar refractivity (Wildman–Crippen MR) is 128 cm³/mol. The van der Waals surface area contributed by atoms with Crippen molar-refractivity contribution in [2.45, 2.75) is 38.6 Å². The van der Waals surface area contributed by atoms with Crippen molar-refractivity contribution in [3.05, 3.63) is 40.9 Å². The molecule has 1 saturated heterocycles. The van der Waals surface area contributed by atoms with Crippen molar-refractivity contribution in [3.63, 3.8) is 0 Å². The summed E-state index contributed by atoms with van der Waals surface area (Å²) in [7, 11) is 4.01. The van der Waals surface area contributed by atoms with Gasteiger partial charge < -0.3 is 20.0 Å². The molecule has 0 radical (unpaired) electrons. The van der Waals surface area contributed by atoms with Crippen LogP contribution in [0.3, 0.4) is 0 Å². The highest BCUT2D eigenvalue weighted by Gasteiger charge is 2.32. The number of hydrogen-bond donors (Lipinski definition) is 1. The monoisotopic (exact) mass is 440 g/mol. The molecule has 2 aliphatic heterocycles. The van der Waals surface area contributed by atoms with Gasteiger partial charge in [-0.15, -0.1) is 11.3 Å². The Hall–Kier alpha value is -2.61. The number of likely N-dealkylation sites (tertiary alicyclic amines) is 1. The smallest absolute Gasteiger partial charge is 0.222 e. The Morgan fingerprint density at radius 1 is 1.35 bits per heavy atom. The van der Waals surface area contributed by atoms with Crippen LogP contribution in [-0.4, -0.2) is 62.0 Å². The number of benzene rings is 1. The molecule has 1 unspecified atom stereocenters. The molecule has 0 saturated carbocycles. The molecule has 0 aliphatic carbocycles. The van der Waals surface area contributed by atoms with Gasteiger partial charge in [0.15, 0.2) is 11.1 Å². The van der Waals surface area contributed by atoms with E-state index in [2.05, 4.69) is 51.8 Å². The van der Waals surface area contributed by atoms with Crippen LogP contribution >= 0.6 is 11.3 Å². The molecule has 2 aliphatic rings. The molecule has 0 bridgehead atoms. The maximum Gasteiger partial charge on any atom is 0.222 e. The third-order valence-corrected chi connectivity index (χ3v) is 6.95. The largest absolute Gasteiger partial charge is 0.356 e. The lowest BCUT2D eigenvalue weighted by molar-refractivity contribution is -0.127. The van der Waals surface area contributed by atoms with Crippen LogP contribution in [0.25, 0.3) is 0 Å². The lowest BCUT2D eigenvalue weighted by Gasteiger charge is -2.23. The first-order valence-electron chi connectivity index (χ1n) is 11.1. The maximum atomic E-state index is 12.0. The Kier molecular flexibility index (Phi) is 6.75. The van der Waals surface area contributed by atoms with Gasteiger partial charge in [0.2, 0.25) is 5.91 Å². The summed E-state index contributed by atoms with van der Waals surface area (Å²) in [5.74, 6) is 1.60. The molecular formula is C23H32N6OS. The summed E-state index contributed by atoms with van der Waals surface area (Å²) in [6.45, 7) is 6.09. The lowest BCUT2D eigenvalue weighted by Crippen LogP contribution is -2.41. The van der Waals surface area contributed by atoms with Crippen LogP contribution in [0, 0.1) is 0 Å². The molecule has 0 spiro atoms. The molecule has 1 amide bonds. The number of amides is 1. The van der Waals surface area contributed by atoms with E-state index in [0.717, 1.165) is 55.8 Å². The van der Waals surface area contributed by atoms with Gasteiger partial charge in [0.25, 0.3) is 0 Å². The molecule has 1 aromatic carbocycles. The zero-order chi connectivity index (χ0) is 21.8. The zero-order valence-corrected chi connectivity index (χ0v) is 19.5. The SMILES string of the molecule is CCNC(=NCc1csc(N(C)C)n1)N1CC(CCN2CCCC2=O)c2ccccc21. The Morgan fingerprint density at radius 2 is 2.19 bits per heavy atom. The van der Waals surface area contributed by atoms with Crippen molar-refractivity contribution in [1.82, 2.24) is 15.2 Å². The van der Waals surface area contributed by atoms with E-state index < -0.39 is 0 Å². The van der Waals surface area contributed by atoms with Crippen LogP contribution in [0.1, 0.15) is 43.4 Å². The van der Waals surface area contributed by atoms with Crippen LogP contribution in [0.4, 0.5) is 10.8 Å². The van der Waals surface area contributed by atoms with E-state index in [1.807, 2.05) is 23.9 Å². The number of rotatable bonds is 7. The topological polar surface area (TPSA) is 64.1 Å². The number of carbonyl (C=O) groups is 1. The summed E-state index contributed by atoms with van der Waals surface area (Å²) in [6.07, 6.45) is 2.68. The van der Waals surface area contributed by atoms with Crippen LogP contribution in [0.2, 0.25) is 0 Å². The summed E-state index contributed by atoms with van der Waals surface area (Å²) in [5.41, 5.74) is 3.55. The van der Waals surface area contributed by atoms with Gasteiger partial charge in [-0.1, -0.05) is 18.2 Å². The summed E-state index contributed by atoms with van der Waals surface area (Å²) in [4.78, 5) is 27.9. The number of guanidine groups is 1. The van der Waals surface area contributed by atoms with Crippen LogP contribution < -0.4 is 15.1 Å². The van der Waals surface area contributed by atoms with Crippen molar-refractivity contribution in [2.24, 2.45) is 4.99 Å². The Morgan fingerprint density at radius 3 is 2.90 bits per heavy atom. The first-order valence-corrected chi connectivity index (χ1v) is 12.0. The quantitative estimate of drug-likeness (QED) is 0.529. The molecule has 8 heteroatoms. The predicted octanol–water partition coefficient (Wildman–Crippen LogP) is 3.29. The molecule has 1 aromatic heterocycles. The standard InChI is InChI=1S/C23H32N6OS/c1-4-24-22(25-14-18-16-31-23(26-18)27(2)3)29-15-17(19-8-5-6-9-20(19)29)11-13-28-12-7-10-21(28)30/h5-6,8-9,16-17H,4,7,10-15H2,1-3H3,(H,24,25). The second kappa shape index (κ2) is 9.68. The van der Waals surface area contributed by atoms with Crippen LogP contribution in [0.15, 0.2) is 34.6 Å². The van der Waals surface area contributed by atoms with Crippen molar-refractivity contribution >= 4 is 34.0 Å². The second-order valence-electron chi connectivity index (χ2n) is 8.33. The third kappa shape index (κ3) is 4.84. The van der Waals surface area contributed by atoms with E-state index in [1.54, 1.807) is 11.3 Å². The molecule has 31 heavy (non-hydrogen) atoms. The van der Waals surface area contributed by atoms with Gasteiger partial charge in [0.1, 0.15) is 0 Å². The second-order valence-corrected chi connectivity index (χ2v) is 9.16. The number of carbonyl (C=O) groups excluding carboxylic acids is 1. The number of hydrogen-bond acceptors (Lipinski definition) is 5. The highest BCUT2D eigenvalue weighted by molar-refractivity contribution is 7.13. The molecule has 7 nitrogen and oxygen atoms in total. The first-order chi connectivity index (χ1) is 15.1. The van der Waals surface area contributed by atoms with E-state index in [4.69, 9.17) is 4.99 Å². The van der Waals surface area contributed by atoms with E-state index >= 15 is 0 Å². The Bertz CT molecular complexity index is 940. The average Bonchev–Trinajstić information content (AvgIpc) is 3.48. The number of aliphatic imine (C=N–C) groups is 1. The fraction of sp³-hybridized carbons (Fsp3) is 0.522. The maximum absolute atomic E-state index is 12.0. The minimum atomic E-state index is 0.304. The number of fused-ring (bicyclic) bond motifs is 1. The molecule has 1 N–H and O–H groups in total. The first kappa shape index (κ1) is 21.6. The number of anilines is 2. The normalized spacial score (nSPS) is 18.6. The number of nitrogens with one attached hydrogen (secondary N) is 1. The number of thiazole rings is 1. The number of aromatic nitrogens is 1. The van der Waals surface area contributed by atoms with Crippen LogP contribution in [-0.2, 0) is 11.3 Å². The van der Waals surface area contributed by atoms with Gasteiger partial charge >= 0.3 is 0 Å². The zero-order valence-electron chi connectivity index (χ0n) is 18.7. The highest BCUT2D eigenvalue weighted by Crippen LogP contribution is 2.38. The van der Waals surface area contributed by atoms with Gasteiger partial charge in [-0.05, 0) is 31.4 Å². The average molecular weight is 441 g/mol.